The molecule has 17 heavy (non-hydrogen) atoms. The van der Waals surface area contributed by atoms with Gasteiger partial charge >= 0.3 is 0 Å². The fourth-order valence-electron chi connectivity index (χ4n) is 3.14. The summed E-state index contributed by atoms with van der Waals surface area (Å²) in [5.41, 5.74) is 1.53. The fourth-order valence-corrected chi connectivity index (χ4v) is 3.14. The van der Waals surface area contributed by atoms with Gasteiger partial charge in [0, 0.05) is 5.69 Å². The molecule has 1 aromatic carbocycles. The van der Waals surface area contributed by atoms with Crippen LogP contribution in [0.3, 0.4) is 0 Å². The molecule has 1 aliphatic heterocycles. The molecule has 1 amide bonds. The number of carbonyl (C=O) groups excluding carboxylic acids is 1. The zero-order chi connectivity index (χ0) is 11.9. The Hall–Kier alpha value is -1.51. The Morgan fingerprint density at radius 1 is 1.29 bits per heavy atom. The number of anilines is 1. The van der Waals surface area contributed by atoms with E-state index in [1.807, 2.05) is 24.3 Å². The molecule has 2 atom stereocenters. The molecule has 1 aliphatic carbocycles. The van der Waals surface area contributed by atoms with Gasteiger partial charge in [-0.2, -0.15) is 0 Å². The number of rotatable bonds is 0. The number of benzene rings is 1. The van der Waals surface area contributed by atoms with Crippen molar-refractivity contribution in [3.63, 3.8) is 0 Å². The van der Waals surface area contributed by atoms with E-state index in [-0.39, 0.29) is 11.6 Å². The van der Waals surface area contributed by atoms with Crippen LogP contribution in [0.2, 0.25) is 0 Å². The fraction of sp³-hybridized carbons (Fsp3) is 0.500. The van der Waals surface area contributed by atoms with Crippen molar-refractivity contribution in [2.45, 2.75) is 38.3 Å². The van der Waals surface area contributed by atoms with Gasteiger partial charge in [0.15, 0.2) is 0 Å². The molecule has 3 rings (SSSR count). The second-order valence-electron chi connectivity index (χ2n) is 5.41. The third-order valence-electron chi connectivity index (χ3n) is 3.90. The minimum atomic E-state index is -0.205. The molecular formula is C14H18N2O. The van der Waals surface area contributed by atoms with Gasteiger partial charge in [0.1, 0.15) is 5.66 Å². The molecule has 90 valence electrons. The van der Waals surface area contributed by atoms with Crippen LogP contribution in [0.15, 0.2) is 24.3 Å². The zero-order valence-corrected chi connectivity index (χ0v) is 10.1. The molecule has 1 heterocycles. The minimum Gasteiger partial charge on any atom is -0.362 e. The van der Waals surface area contributed by atoms with Crippen molar-refractivity contribution in [1.82, 2.24) is 5.32 Å². The average molecular weight is 230 g/mol. The zero-order valence-electron chi connectivity index (χ0n) is 10.1. The quantitative estimate of drug-likeness (QED) is 0.719. The van der Waals surface area contributed by atoms with E-state index in [2.05, 4.69) is 17.6 Å². The van der Waals surface area contributed by atoms with Crippen LogP contribution >= 0.6 is 0 Å². The Kier molecular flexibility index (Phi) is 2.35. The van der Waals surface area contributed by atoms with E-state index in [4.69, 9.17) is 0 Å². The highest BCUT2D eigenvalue weighted by Gasteiger charge is 2.40. The molecular weight excluding hydrogens is 212 g/mol. The highest BCUT2D eigenvalue weighted by Crippen LogP contribution is 2.36. The standard InChI is InChI=1S/C14H18N2O/c1-10-5-4-8-14(9-10)15-12-7-3-2-6-11(12)13(17)16-14/h2-3,6-7,10,15H,4-5,8-9H2,1H3,(H,16,17)/t10-,14+/m0/s1. The van der Waals surface area contributed by atoms with E-state index in [0.717, 1.165) is 24.1 Å². The van der Waals surface area contributed by atoms with Gasteiger partial charge in [-0.05, 0) is 37.3 Å². The summed E-state index contributed by atoms with van der Waals surface area (Å²) in [7, 11) is 0. The van der Waals surface area contributed by atoms with Gasteiger partial charge in [0.25, 0.3) is 5.91 Å². The lowest BCUT2D eigenvalue weighted by molar-refractivity contribution is 0.0858. The van der Waals surface area contributed by atoms with Crippen molar-refractivity contribution < 1.29 is 4.79 Å². The highest BCUT2D eigenvalue weighted by molar-refractivity contribution is 6.02. The molecule has 0 unspecified atom stereocenters. The lowest BCUT2D eigenvalue weighted by atomic mass is 9.80. The Balaban J connectivity index is 1.95. The summed E-state index contributed by atoms with van der Waals surface area (Å²) < 4.78 is 0. The maximum Gasteiger partial charge on any atom is 0.255 e. The summed E-state index contributed by atoms with van der Waals surface area (Å²) in [5, 5.41) is 6.71. The Bertz CT molecular complexity index is 457. The van der Waals surface area contributed by atoms with Crippen LogP contribution in [0.5, 0.6) is 0 Å². The lowest BCUT2D eigenvalue weighted by Gasteiger charge is -2.45. The van der Waals surface area contributed by atoms with Crippen molar-refractivity contribution in [3.05, 3.63) is 29.8 Å². The summed E-state index contributed by atoms with van der Waals surface area (Å²) in [5.74, 6) is 0.732. The Morgan fingerprint density at radius 3 is 2.94 bits per heavy atom. The minimum absolute atomic E-state index is 0.0634. The van der Waals surface area contributed by atoms with Gasteiger partial charge < -0.3 is 10.6 Å². The number of fused-ring (bicyclic) bond motifs is 1. The Labute approximate surface area is 102 Å². The first-order valence-corrected chi connectivity index (χ1v) is 6.38. The number of carbonyl (C=O) groups is 1. The predicted octanol–water partition coefficient (Wildman–Crippen LogP) is 2.75. The average Bonchev–Trinajstić information content (AvgIpc) is 2.28. The molecule has 2 N–H and O–H groups in total. The van der Waals surface area contributed by atoms with Gasteiger partial charge in [0.05, 0.1) is 5.56 Å². The van der Waals surface area contributed by atoms with E-state index in [9.17, 15) is 4.79 Å². The maximum absolute atomic E-state index is 12.1. The summed E-state index contributed by atoms with van der Waals surface area (Å²) in [4.78, 5) is 12.1. The number of hydrogen-bond donors (Lipinski definition) is 2. The smallest absolute Gasteiger partial charge is 0.255 e. The summed E-state index contributed by atoms with van der Waals surface area (Å²) in [6.07, 6.45) is 4.49. The van der Waals surface area contributed by atoms with Crippen molar-refractivity contribution in [3.8, 4) is 0 Å². The second-order valence-corrected chi connectivity index (χ2v) is 5.41. The monoisotopic (exact) mass is 230 g/mol. The van der Waals surface area contributed by atoms with Crippen LogP contribution in [0, 0.1) is 5.92 Å². The summed E-state index contributed by atoms with van der Waals surface area (Å²) >= 11 is 0. The van der Waals surface area contributed by atoms with E-state index in [1.165, 1.54) is 12.8 Å². The molecule has 3 heteroatoms. The van der Waals surface area contributed by atoms with Gasteiger partial charge in [-0.15, -0.1) is 0 Å². The van der Waals surface area contributed by atoms with Gasteiger partial charge in [-0.25, -0.2) is 0 Å². The number of nitrogens with one attached hydrogen (secondary N) is 2. The molecule has 0 aromatic heterocycles. The van der Waals surface area contributed by atoms with Crippen LogP contribution in [-0.4, -0.2) is 11.6 Å². The first kappa shape index (κ1) is 10.6. The first-order valence-electron chi connectivity index (χ1n) is 6.38. The number of para-hydroxylation sites is 1. The molecule has 2 aliphatic rings. The molecule has 0 saturated heterocycles. The predicted molar refractivity (Wildman–Crippen MR) is 67.9 cm³/mol. The first-order chi connectivity index (χ1) is 8.19. The summed E-state index contributed by atoms with van der Waals surface area (Å²) in [6.45, 7) is 2.26. The summed E-state index contributed by atoms with van der Waals surface area (Å²) in [6, 6.07) is 7.75. The van der Waals surface area contributed by atoms with E-state index >= 15 is 0 Å². The van der Waals surface area contributed by atoms with Gasteiger partial charge in [0.2, 0.25) is 0 Å². The molecule has 1 saturated carbocycles. The van der Waals surface area contributed by atoms with Gasteiger partial charge in [-0.3, -0.25) is 4.79 Å². The molecule has 1 fully saturated rings. The molecule has 0 bridgehead atoms. The van der Waals surface area contributed by atoms with Gasteiger partial charge in [-0.1, -0.05) is 25.5 Å². The van der Waals surface area contributed by atoms with E-state index in [0.29, 0.717) is 5.92 Å². The second kappa shape index (κ2) is 3.76. The largest absolute Gasteiger partial charge is 0.362 e. The van der Waals surface area contributed by atoms with E-state index < -0.39 is 0 Å². The normalized spacial score (nSPS) is 31.6. The van der Waals surface area contributed by atoms with Crippen molar-refractivity contribution in [2.75, 3.05) is 5.32 Å². The molecule has 3 nitrogen and oxygen atoms in total. The van der Waals surface area contributed by atoms with E-state index in [1.54, 1.807) is 0 Å². The van der Waals surface area contributed by atoms with Crippen LogP contribution in [0.25, 0.3) is 0 Å². The third kappa shape index (κ3) is 1.79. The third-order valence-corrected chi connectivity index (χ3v) is 3.90. The number of amides is 1. The Morgan fingerprint density at radius 2 is 2.12 bits per heavy atom. The van der Waals surface area contributed by atoms with Crippen LogP contribution in [-0.2, 0) is 0 Å². The lowest BCUT2D eigenvalue weighted by Crippen LogP contribution is -2.59. The molecule has 1 aromatic rings. The molecule has 0 radical (unpaired) electrons. The number of hydrogen-bond acceptors (Lipinski definition) is 2. The van der Waals surface area contributed by atoms with Crippen LogP contribution < -0.4 is 10.6 Å². The molecule has 1 spiro atoms. The van der Waals surface area contributed by atoms with Crippen LogP contribution in [0.4, 0.5) is 5.69 Å². The SMILES string of the molecule is C[C@H]1CCC[C@]2(C1)NC(=O)c1ccccc1N2. The van der Waals surface area contributed by atoms with Crippen LogP contribution in [0.1, 0.15) is 43.0 Å². The van der Waals surface area contributed by atoms with Crippen molar-refractivity contribution in [1.29, 1.82) is 0 Å². The highest BCUT2D eigenvalue weighted by atomic mass is 16.2. The van der Waals surface area contributed by atoms with Crippen molar-refractivity contribution in [2.24, 2.45) is 5.92 Å². The topological polar surface area (TPSA) is 41.1 Å². The van der Waals surface area contributed by atoms with Crippen molar-refractivity contribution >= 4 is 11.6 Å². The maximum atomic E-state index is 12.1.